The van der Waals surface area contributed by atoms with E-state index >= 15 is 0 Å². The monoisotopic (exact) mass is 375 g/mol. The number of rotatable bonds is 5. The zero-order valence-corrected chi connectivity index (χ0v) is 13.3. The number of para-hydroxylation sites is 1. The highest BCUT2D eigenvalue weighted by Gasteiger charge is 2.32. The summed E-state index contributed by atoms with van der Waals surface area (Å²) in [5.41, 5.74) is 3.21. The second kappa shape index (κ2) is 6.69. The molecular weight excluding hydrogens is 363 g/mol. The van der Waals surface area contributed by atoms with Crippen molar-refractivity contribution in [2.75, 3.05) is 4.72 Å². The summed E-state index contributed by atoms with van der Waals surface area (Å²) in [4.78, 5) is 9.40. The van der Waals surface area contributed by atoms with Crippen LogP contribution >= 0.6 is 0 Å². The zero-order chi connectivity index (χ0) is 18.8. The van der Waals surface area contributed by atoms with Gasteiger partial charge in [0.15, 0.2) is 4.90 Å². The number of anilines is 1. The Morgan fingerprint density at radius 2 is 1.80 bits per heavy atom. The quantitative estimate of drug-likeness (QED) is 0.616. The molecule has 2 aromatic carbocycles. The Bertz CT molecular complexity index is 914. The van der Waals surface area contributed by atoms with Crippen LogP contribution in [0.3, 0.4) is 0 Å². The number of alkyl halides is 3. The van der Waals surface area contributed by atoms with Gasteiger partial charge in [-0.3, -0.25) is 14.8 Å². The van der Waals surface area contributed by atoms with Gasteiger partial charge in [0.2, 0.25) is 0 Å². The Kier molecular flexibility index (Phi) is 4.99. The highest BCUT2D eigenvalue weighted by Crippen LogP contribution is 2.33. The van der Waals surface area contributed by atoms with Gasteiger partial charge < -0.3 is 5.73 Å². The first-order valence-electron chi connectivity index (χ1n) is 6.72. The van der Waals surface area contributed by atoms with E-state index in [9.17, 15) is 31.7 Å². The summed E-state index contributed by atoms with van der Waals surface area (Å²) in [6.07, 6.45) is -4.70. The average molecular weight is 375 g/mol. The number of sulfonamides is 1. The Hall–Kier alpha value is -2.66. The number of hydrogen-bond donors (Lipinski definition) is 2. The summed E-state index contributed by atoms with van der Waals surface area (Å²) in [7, 11) is -4.48. The standard InChI is InChI=1S/C14H12F3N3O4S/c15-14(16,17)10-5-9(8-18)6-11(7-10)19-25(23,24)13-4-2-1-3-12(13)20(21)22/h1-7,19H,8,18H2. The van der Waals surface area contributed by atoms with Gasteiger partial charge in [-0.05, 0) is 29.8 Å². The smallest absolute Gasteiger partial charge is 0.326 e. The zero-order valence-electron chi connectivity index (χ0n) is 12.4. The fourth-order valence-corrected chi connectivity index (χ4v) is 3.29. The lowest BCUT2D eigenvalue weighted by Gasteiger charge is -2.13. The van der Waals surface area contributed by atoms with Gasteiger partial charge in [0.05, 0.1) is 10.5 Å². The van der Waals surface area contributed by atoms with E-state index in [-0.39, 0.29) is 12.1 Å². The predicted molar refractivity (Wildman–Crippen MR) is 83.2 cm³/mol. The average Bonchev–Trinajstić information content (AvgIpc) is 2.53. The first-order chi connectivity index (χ1) is 11.5. The second-order valence-electron chi connectivity index (χ2n) is 4.95. The van der Waals surface area contributed by atoms with E-state index in [1.54, 1.807) is 0 Å². The van der Waals surface area contributed by atoms with Crippen molar-refractivity contribution in [3.63, 3.8) is 0 Å². The number of nitro benzene ring substituents is 1. The van der Waals surface area contributed by atoms with E-state index in [0.717, 1.165) is 24.3 Å². The molecule has 0 fully saturated rings. The van der Waals surface area contributed by atoms with Crippen molar-refractivity contribution in [2.45, 2.75) is 17.6 Å². The number of nitro groups is 1. The van der Waals surface area contributed by atoms with Crippen molar-refractivity contribution in [3.8, 4) is 0 Å². The summed E-state index contributed by atoms with van der Waals surface area (Å²) in [6.45, 7) is -0.246. The minimum Gasteiger partial charge on any atom is -0.326 e. The lowest BCUT2D eigenvalue weighted by molar-refractivity contribution is -0.387. The molecule has 7 nitrogen and oxygen atoms in total. The molecule has 0 radical (unpaired) electrons. The van der Waals surface area contributed by atoms with Crippen LogP contribution in [0.4, 0.5) is 24.5 Å². The van der Waals surface area contributed by atoms with Gasteiger partial charge in [-0.1, -0.05) is 12.1 Å². The van der Waals surface area contributed by atoms with Crippen LogP contribution in [-0.4, -0.2) is 13.3 Å². The van der Waals surface area contributed by atoms with Crippen molar-refractivity contribution in [3.05, 3.63) is 63.7 Å². The Morgan fingerprint density at radius 3 is 2.36 bits per heavy atom. The molecule has 0 aliphatic rings. The third kappa shape index (κ3) is 4.25. The fraction of sp³-hybridized carbons (Fsp3) is 0.143. The Balaban J connectivity index is 2.50. The minimum atomic E-state index is -4.70. The van der Waals surface area contributed by atoms with E-state index in [0.29, 0.717) is 6.07 Å². The van der Waals surface area contributed by atoms with E-state index in [2.05, 4.69) is 0 Å². The van der Waals surface area contributed by atoms with Crippen molar-refractivity contribution in [1.82, 2.24) is 0 Å². The van der Waals surface area contributed by atoms with E-state index < -0.39 is 43.0 Å². The van der Waals surface area contributed by atoms with Crippen LogP contribution in [0.25, 0.3) is 0 Å². The third-order valence-corrected chi connectivity index (χ3v) is 4.59. The molecule has 0 atom stereocenters. The molecule has 3 N–H and O–H groups in total. The summed E-state index contributed by atoms with van der Waals surface area (Å²) in [5.74, 6) is 0. The normalized spacial score (nSPS) is 12.0. The van der Waals surface area contributed by atoms with Gasteiger partial charge in [-0.2, -0.15) is 13.2 Å². The number of nitrogens with two attached hydrogens (primary N) is 1. The molecule has 0 spiro atoms. The van der Waals surface area contributed by atoms with Crippen LogP contribution in [0, 0.1) is 10.1 Å². The van der Waals surface area contributed by atoms with E-state index in [4.69, 9.17) is 5.73 Å². The number of benzene rings is 2. The Labute approximate surface area is 140 Å². The maximum absolute atomic E-state index is 12.9. The van der Waals surface area contributed by atoms with Gasteiger partial charge in [-0.25, -0.2) is 8.42 Å². The SMILES string of the molecule is NCc1cc(NS(=O)(=O)c2ccccc2[N+](=O)[O-])cc(C(F)(F)F)c1. The first kappa shape index (κ1) is 18.7. The maximum Gasteiger partial charge on any atom is 0.416 e. The van der Waals surface area contributed by atoms with E-state index in [1.807, 2.05) is 4.72 Å². The molecule has 0 bridgehead atoms. The van der Waals surface area contributed by atoms with Crippen LogP contribution in [0.5, 0.6) is 0 Å². The lowest BCUT2D eigenvalue weighted by Crippen LogP contribution is -2.16. The highest BCUT2D eigenvalue weighted by atomic mass is 32.2. The lowest BCUT2D eigenvalue weighted by atomic mass is 10.1. The molecule has 2 rings (SSSR count). The number of nitrogens with zero attached hydrogens (tertiary/aromatic N) is 1. The number of nitrogens with one attached hydrogen (secondary N) is 1. The van der Waals surface area contributed by atoms with Gasteiger partial charge >= 0.3 is 6.18 Å². The summed E-state index contributed by atoms with van der Waals surface area (Å²) < 4.78 is 65.4. The molecule has 134 valence electrons. The molecule has 0 saturated carbocycles. The van der Waals surface area contributed by atoms with Crippen molar-refractivity contribution >= 4 is 21.4 Å². The summed E-state index contributed by atoms with van der Waals surface area (Å²) in [6, 6.07) is 7.01. The molecule has 0 aliphatic carbocycles. The topological polar surface area (TPSA) is 115 Å². The largest absolute Gasteiger partial charge is 0.416 e. The van der Waals surface area contributed by atoms with Gasteiger partial charge in [0.25, 0.3) is 15.7 Å². The second-order valence-corrected chi connectivity index (χ2v) is 6.60. The molecule has 0 aliphatic heterocycles. The van der Waals surface area contributed by atoms with Crippen LogP contribution in [0.1, 0.15) is 11.1 Å². The summed E-state index contributed by atoms with van der Waals surface area (Å²) >= 11 is 0. The van der Waals surface area contributed by atoms with Gasteiger partial charge in [0.1, 0.15) is 0 Å². The molecule has 0 unspecified atom stereocenters. The third-order valence-electron chi connectivity index (χ3n) is 3.16. The Morgan fingerprint density at radius 1 is 1.16 bits per heavy atom. The van der Waals surface area contributed by atoms with Crippen LogP contribution < -0.4 is 10.5 Å². The molecule has 25 heavy (non-hydrogen) atoms. The van der Waals surface area contributed by atoms with Gasteiger partial charge in [-0.15, -0.1) is 0 Å². The minimum absolute atomic E-state index is 0.0510. The predicted octanol–water partition coefficient (Wildman–Crippen LogP) is 2.87. The van der Waals surface area contributed by atoms with Crippen molar-refractivity contribution in [1.29, 1.82) is 0 Å². The van der Waals surface area contributed by atoms with Gasteiger partial charge in [0, 0.05) is 18.3 Å². The fourth-order valence-electron chi connectivity index (χ4n) is 2.08. The molecule has 0 aromatic heterocycles. The summed E-state index contributed by atoms with van der Waals surface area (Å²) in [5, 5.41) is 11.0. The first-order valence-corrected chi connectivity index (χ1v) is 8.20. The molecule has 0 saturated heterocycles. The number of hydrogen-bond acceptors (Lipinski definition) is 5. The number of halogens is 3. The van der Waals surface area contributed by atoms with Crippen LogP contribution in [0.2, 0.25) is 0 Å². The molecule has 0 heterocycles. The van der Waals surface area contributed by atoms with Crippen LogP contribution in [0.15, 0.2) is 47.4 Å². The van der Waals surface area contributed by atoms with Crippen molar-refractivity contribution in [2.24, 2.45) is 5.73 Å². The molecule has 11 heteroatoms. The highest BCUT2D eigenvalue weighted by molar-refractivity contribution is 7.92. The molecule has 2 aromatic rings. The van der Waals surface area contributed by atoms with Crippen LogP contribution in [-0.2, 0) is 22.7 Å². The van der Waals surface area contributed by atoms with Crippen molar-refractivity contribution < 1.29 is 26.5 Å². The molecule has 0 amide bonds. The molecular formula is C14H12F3N3O4S. The van der Waals surface area contributed by atoms with E-state index in [1.165, 1.54) is 12.1 Å². The maximum atomic E-state index is 12.9.